The Bertz CT molecular complexity index is 1000. The molecule has 4 rings (SSSR count). The quantitative estimate of drug-likeness (QED) is 0.740. The van der Waals surface area contributed by atoms with Crippen molar-refractivity contribution in [2.75, 3.05) is 0 Å². The van der Waals surface area contributed by atoms with Crippen molar-refractivity contribution in [3.8, 4) is 0 Å². The molecule has 0 radical (unpaired) electrons. The Kier molecular flexibility index (Phi) is 4.46. The topological polar surface area (TPSA) is 59.8 Å². The Morgan fingerprint density at radius 1 is 1.22 bits per heavy atom. The van der Waals surface area contributed by atoms with Gasteiger partial charge in [-0.2, -0.15) is 5.10 Å². The molecule has 0 spiro atoms. The van der Waals surface area contributed by atoms with Crippen molar-refractivity contribution in [3.63, 3.8) is 0 Å². The van der Waals surface area contributed by atoms with Crippen molar-refractivity contribution in [2.45, 2.75) is 58.5 Å². The Labute approximate surface area is 159 Å². The Morgan fingerprint density at radius 2 is 2.00 bits per heavy atom. The molecule has 3 aromatic rings. The summed E-state index contributed by atoms with van der Waals surface area (Å²) in [6.45, 7) is 8.34. The van der Waals surface area contributed by atoms with Gasteiger partial charge in [-0.05, 0) is 49.8 Å². The number of aromatic nitrogens is 3. The first kappa shape index (κ1) is 17.7. The van der Waals surface area contributed by atoms with Gasteiger partial charge in [0.15, 0.2) is 5.65 Å². The van der Waals surface area contributed by atoms with Crippen LogP contribution in [0.3, 0.4) is 0 Å². The van der Waals surface area contributed by atoms with E-state index in [1.807, 2.05) is 16.8 Å². The fourth-order valence-electron chi connectivity index (χ4n) is 3.84. The summed E-state index contributed by atoms with van der Waals surface area (Å²) in [5, 5.41) is 8.54. The minimum absolute atomic E-state index is 0.0469. The lowest BCUT2D eigenvalue weighted by Gasteiger charge is -2.16. The number of amides is 1. The average Bonchev–Trinajstić information content (AvgIpc) is 3.25. The highest BCUT2D eigenvalue weighted by Crippen LogP contribution is 2.32. The summed E-state index contributed by atoms with van der Waals surface area (Å²) >= 11 is 0. The minimum atomic E-state index is -0.0469. The Hall–Kier alpha value is -2.69. The first-order valence-electron chi connectivity index (χ1n) is 9.72. The largest absolute Gasteiger partial charge is 0.345 e. The van der Waals surface area contributed by atoms with E-state index in [9.17, 15) is 4.79 Å². The van der Waals surface area contributed by atoms with Gasteiger partial charge in [0.05, 0.1) is 23.2 Å². The monoisotopic (exact) mass is 362 g/mol. The van der Waals surface area contributed by atoms with Gasteiger partial charge in [-0.3, -0.25) is 4.79 Å². The van der Waals surface area contributed by atoms with Crippen molar-refractivity contribution in [2.24, 2.45) is 0 Å². The normalized spacial score (nSPS) is 16.3. The van der Waals surface area contributed by atoms with E-state index >= 15 is 0 Å². The van der Waals surface area contributed by atoms with Crippen LogP contribution < -0.4 is 5.32 Å². The van der Waals surface area contributed by atoms with Gasteiger partial charge in [0.2, 0.25) is 0 Å². The van der Waals surface area contributed by atoms with Crippen LogP contribution in [0.25, 0.3) is 11.0 Å². The number of carbonyl (C=O) groups is 1. The van der Waals surface area contributed by atoms with Crippen LogP contribution in [0.15, 0.2) is 36.5 Å². The van der Waals surface area contributed by atoms with Crippen molar-refractivity contribution >= 4 is 16.9 Å². The predicted octanol–water partition coefficient (Wildman–Crippen LogP) is 4.55. The molecule has 5 heteroatoms. The smallest absolute Gasteiger partial charge is 0.252 e. The number of hydrogen-bond donors (Lipinski definition) is 1. The van der Waals surface area contributed by atoms with E-state index in [4.69, 9.17) is 4.98 Å². The second-order valence-corrected chi connectivity index (χ2v) is 7.93. The number of pyridine rings is 1. The van der Waals surface area contributed by atoms with Gasteiger partial charge in [-0.15, -0.1) is 0 Å². The Morgan fingerprint density at radius 3 is 2.74 bits per heavy atom. The zero-order valence-corrected chi connectivity index (χ0v) is 16.4. The molecule has 0 fully saturated rings. The van der Waals surface area contributed by atoms with Crippen LogP contribution in [-0.4, -0.2) is 20.7 Å². The van der Waals surface area contributed by atoms with Gasteiger partial charge >= 0.3 is 0 Å². The predicted molar refractivity (Wildman–Crippen MR) is 107 cm³/mol. The zero-order chi connectivity index (χ0) is 19.1. The van der Waals surface area contributed by atoms with Crippen molar-refractivity contribution in [1.82, 2.24) is 20.1 Å². The molecule has 0 saturated heterocycles. The molecular formula is C22H26N4O. The number of benzene rings is 1. The third kappa shape index (κ3) is 3.11. The van der Waals surface area contributed by atoms with Crippen LogP contribution in [0.4, 0.5) is 0 Å². The summed E-state index contributed by atoms with van der Waals surface area (Å²) < 4.78 is 1.89. The highest BCUT2D eigenvalue weighted by Gasteiger charge is 2.26. The molecule has 0 bridgehead atoms. The molecule has 0 unspecified atom stereocenters. The molecule has 1 aromatic carbocycles. The van der Waals surface area contributed by atoms with Crippen LogP contribution in [0.1, 0.15) is 79.3 Å². The van der Waals surface area contributed by atoms with E-state index < -0.39 is 0 Å². The molecule has 1 aliphatic rings. The lowest BCUT2D eigenvalue weighted by Crippen LogP contribution is -2.27. The van der Waals surface area contributed by atoms with E-state index in [1.54, 1.807) is 6.20 Å². The molecule has 1 aliphatic carbocycles. The first-order chi connectivity index (χ1) is 13.0. The zero-order valence-electron chi connectivity index (χ0n) is 16.4. The number of hydrogen-bond acceptors (Lipinski definition) is 3. The summed E-state index contributed by atoms with van der Waals surface area (Å²) in [5.74, 6) is 0.193. The third-order valence-electron chi connectivity index (χ3n) is 5.35. The number of carbonyl (C=O) groups excluding carboxylic acids is 1. The lowest BCUT2D eigenvalue weighted by atomic mass is 10.0. The van der Waals surface area contributed by atoms with Gasteiger partial charge in [-0.1, -0.05) is 38.1 Å². The van der Waals surface area contributed by atoms with Crippen molar-refractivity contribution in [3.05, 3.63) is 58.9 Å². The van der Waals surface area contributed by atoms with E-state index in [1.165, 1.54) is 11.1 Å². The van der Waals surface area contributed by atoms with E-state index in [0.717, 1.165) is 29.6 Å². The standard InChI is InChI=1S/C22H26N4O/c1-13(2)20-11-17(18-12-23-26(14(3)4)21(18)24-20)22(27)25-19-10-9-15-7-5-6-8-16(15)19/h5-8,11-14,19H,9-10H2,1-4H3,(H,25,27)/t19-/m0/s1. The average molecular weight is 362 g/mol. The summed E-state index contributed by atoms with van der Waals surface area (Å²) in [5.41, 5.74) is 4.94. The fourth-order valence-corrected chi connectivity index (χ4v) is 3.84. The van der Waals surface area contributed by atoms with Crippen LogP contribution in [0, 0.1) is 0 Å². The SMILES string of the molecule is CC(C)c1cc(C(=O)N[C@H]2CCc3ccccc32)c2cnn(C(C)C)c2n1. The molecule has 1 N–H and O–H groups in total. The summed E-state index contributed by atoms with van der Waals surface area (Å²) in [7, 11) is 0. The molecular weight excluding hydrogens is 336 g/mol. The number of nitrogens with zero attached hydrogens (tertiary/aromatic N) is 3. The van der Waals surface area contributed by atoms with E-state index in [-0.39, 0.29) is 23.9 Å². The molecule has 1 amide bonds. The summed E-state index contributed by atoms with van der Waals surface area (Å²) in [6, 6.07) is 10.5. The number of fused-ring (bicyclic) bond motifs is 2. The molecule has 1 atom stereocenters. The summed E-state index contributed by atoms with van der Waals surface area (Å²) in [4.78, 5) is 18.0. The molecule has 2 aromatic heterocycles. The van der Waals surface area contributed by atoms with Gasteiger partial charge in [0, 0.05) is 11.7 Å². The van der Waals surface area contributed by atoms with Crippen LogP contribution >= 0.6 is 0 Å². The fraction of sp³-hybridized carbons (Fsp3) is 0.409. The molecule has 27 heavy (non-hydrogen) atoms. The second kappa shape index (κ2) is 6.80. The molecule has 0 aliphatic heterocycles. The third-order valence-corrected chi connectivity index (χ3v) is 5.35. The maximum atomic E-state index is 13.2. The molecule has 0 saturated carbocycles. The number of aryl methyl sites for hydroxylation is 1. The number of rotatable bonds is 4. The van der Waals surface area contributed by atoms with Gasteiger partial charge < -0.3 is 5.32 Å². The van der Waals surface area contributed by atoms with Crippen molar-refractivity contribution in [1.29, 1.82) is 0 Å². The number of nitrogens with one attached hydrogen (secondary N) is 1. The first-order valence-corrected chi connectivity index (χ1v) is 9.72. The molecule has 140 valence electrons. The van der Waals surface area contributed by atoms with E-state index in [2.05, 4.69) is 56.3 Å². The Balaban J connectivity index is 1.73. The van der Waals surface area contributed by atoms with Crippen LogP contribution in [-0.2, 0) is 6.42 Å². The van der Waals surface area contributed by atoms with E-state index in [0.29, 0.717) is 5.56 Å². The second-order valence-electron chi connectivity index (χ2n) is 7.93. The van der Waals surface area contributed by atoms with Gasteiger partial charge in [-0.25, -0.2) is 9.67 Å². The molecule has 5 nitrogen and oxygen atoms in total. The van der Waals surface area contributed by atoms with Crippen LogP contribution in [0.5, 0.6) is 0 Å². The highest BCUT2D eigenvalue weighted by atomic mass is 16.1. The molecule has 2 heterocycles. The van der Waals surface area contributed by atoms with Gasteiger partial charge in [0.25, 0.3) is 5.91 Å². The van der Waals surface area contributed by atoms with Gasteiger partial charge in [0.1, 0.15) is 0 Å². The maximum Gasteiger partial charge on any atom is 0.252 e. The van der Waals surface area contributed by atoms with Crippen LogP contribution in [0.2, 0.25) is 0 Å². The minimum Gasteiger partial charge on any atom is -0.345 e. The lowest BCUT2D eigenvalue weighted by molar-refractivity contribution is 0.0938. The summed E-state index contributed by atoms with van der Waals surface area (Å²) in [6.07, 6.45) is 3.72. The maximum absolute atomic E-state index is 13.2. The highest BCUT2D eigenvalue weighted by molar-refractivity contribution is 6.05. The van der Waals surface area contributed by atoms with Crippen molar-refractivity contribution < 1.29 is 4.79 Å².